The maximum absolute atomic E-state index is 11.8. The van der Waals surface area contributed by atoms with Gasteiger partial charge < -0.3 is 11.1 Å². The lowest BCUT2D eigenvalue weighted by atomic mass is 9.76. The molecular weight excluding hydrogens is 228 g/mol. The fourth-order valence-electron chi connectivity index (χ4n) is 3.47. The van der Waals surface area contributed by atoms with Crippen molar-refractivity contribution in [2.75, 3.05) is 19.3 Å². The molecule has 6 heteroatoms. The van der Waals surface area contributed by atoms with Crippen molar-refractivity contribution < 1.29 is 13.2 Å². The molecule has 3 N–H and O–H groups in total. The van der Waals surface area contributed by atoms with Crippen LogP contribution in [0.3, 0.4) is 0 Å². The fourth-order valence-corrected chi connectivity index (χ4v) is 5.28. The van der Waals surface area contributed by atoms with E-state index in [9.17, 15) is 13.2 Å². The SMILES string of the molecule is CS(=O)(=O)C1CCCC12CNCC2C(N)=O. The van der Waals surface area contributed by atoms with Gasteiger partial charge in [-0.2, -0.15) is 0 Å². The maximum atomic E-state index is 11.8. The number of nitrogens with one attached hydrogen (secondary N) is 1. The summed E-state index contributed by atoms with van der Waals surface area (Å²) in [5, 5.41) is 2.71. The van der Waals surface area contributed by atoms with E-state index in [1.54, 1.807) is 0 Å². The molecule has 3 atom stereocenters. The number of nitrogens with two attached hydrogens (primary N) is 1. The third kappa shape index (κ3) is 1.64. The van der Waals surface area contributed by atoms with Crippen molar-refractivity contribution in [1.82, 2.24) is 5.32 Å². The molecule has 0 bridgehead atoms. The molecule has 2 aliphatic rings. The van der Waals surface area contributed by atoms with Crippen molar-refractivity contribution in [2.24, 2.45) is 17.1 Å². The number of sulfone groups is 1. The van der Waals surface area contributed by atoms with Gasteiger partial charge in [-0.15, -0.1) is 0 Å². The molecule has 2 rings (SSSR count). The van der Waals surface area contributed by atoms with Crippen molar-refractivity contribution in [3.8, 4) is 0 Å². The predicted molar refractivity (Wildman–Crippen MR) is 60.5 cm³/mol. The Morgan fingerprint density at radius 1 is 1.50 bits per heavy atom. The van der Waals surface area contributed by atoms with E-state index in [0.29, 0.717) is 19.5 Å². The first kappa shape index (κ1) is 11.9. The van der Waals surface area contributed by atoms with E-state index in [2.05, 4.69) is 5.32 Å². The zero-order valence-electron chi connectivity index (χ0n) is 9.40. The van der Waals surface area contributed by atoms with Crippen LogP contribution in [0.25, 0.3) is 0 Å². The lowest BCUT2D eigenvalue weighted by Crippen LogP contribution is -2.46. The topological polar surface area (TPSA) is 89.3 Å². The minimum atomic E-state index is -3.11. The third-order valence-corrected chi connectivity index (χ3v) is 5.85. The van der Waals surface area contributed by atoms with Gasteiger partial charge >= 0.3 is 0 Å². The molecule has 92 valence electrons. The molecule has 16 heavy (non-hydrogen) atoms. The maximum Gasteiger partial charge on any atom is 0.222 e. The Kier molecular flexibility index (Phi) is 2.74. The third-order valence-electron chi connectivity index (χ3n) is 4.11. The molecule has 3 unspecified atom stereocenters. The van der Waals surface area contributed by atoms with E-state index < -0.39 is 20.5 Å². The van der Waals surface area contributed by atoms with Crippen molar-refractivity contribution in [3.63, 3.8) is 0 Å². The number of hydrogen-bond donors (Lipinski definition) is 2. The van der Waals surface area contributed by atoms with Gasteiger partial charge in [-0.1, -0.05) is 6.42 Å². The van der Waals surface area contributed by atoms with E-state index in [1.807, 2.05) is 0 Å². The Morgan fingerprint density at radius 3 is 2.75 bits per heavy atom. The van der Waals surface area contributed by atoms with Gasteiger partial charge in [0.05, 0.1) is 11.2 Å². The van der Waals surface area contributed by atoms with Crippen molar-refractivity contribution >= 4 is 15.7 Å². The average molecular weight is 246 g/mol. The van der Waals surface area contributed by atoms with Crippen molar-refractivity contribution in [1.29, 1.82) is 0 Å². The van der Waals surface area contributed by atoms with Gasteiger partial charge in [0.25, 0.3) is 0 Å². The van der Waals surface area contributed by atoms with Crippen LogP contribution in [-0.2, 0) is 14.6 Å². The molecule has 1 spiro atoms. The Hall–Kier alpha value is -0.620. The van der Waals surface area contributed by atoms with E-state index in [0.717, 1.165) is 12.8 Å². The smallest absolute Gasteiger partial charge is 0.222 e. The van der Waals surface area contributed by atoms with Gasteiger partial charge in [0.2, 0.25) is 5.91 Å². The molecule has 0 radical (unpaired) electrons. The van der Waals surface area contributed by atoms with E-state index in [4.69, 9.17) is 5.73 Å². The lowest BCUT2D eigenvalue weighted by molar-refractivity contribution is -0.124. The normalized spacial score (nSPS) is 39.3. The summed E-state index contributed by atoms with van der Waals surface area (Å²) in [6.07, 6.45) is 3.57. The number of amides is 1. The number of rotatable bonds is 2. The molecule has 0 aromatic heterocycles. The van der Waals surface area contributed by atoms with Gasteiger partial charge in [0.1, 0.15) is 0 Å². The van der Waals surface area contributed by atoms with Gasteiger partial charge in [0, 0.05) is 24.8 Å². The van der Waals surface area contributed by atoms with Gasteiger partial charge in [0.15, 0.2) is 9.84 Å². The molecule has 1 heterocycles. The summed E-state index contributed by atoms with van der Waals surface area (Å²) in [7, 11) is -3.11. The molecule has 2 fully saturated rings. The lowest BCUT2D eigenvalue weighted by Gasteiger charge is -2.33. The predicted octanol–water partition coefficient (Wildman–Crippen LogP) is -0.725. The Balaban J connectivity index is 2.39. The van der Waals surface area contributed by atoms with Crippen LogP contribution in [0.4, 0.5) is 0 Å². The van der Waals surface area contributed by atoms with Crippen LogP contribution >= 0.6 is 0 Å². The summed E-state index contributed by atoms with van der Waals surface area (Å²) >= 11 is 0. The fraction of sp³-hybridized carbons (Fsp3) is 0.900. The zero-order chi connectivity index (χ0) is 12.0. The van der Waals surface area contributed by atoms with Crippen LogP contribution in [0, 0.1) is 11.3 Å². The average Bonchev–Trinajstić information content (AvgIpc) is 2.72. The molecule has 0 aromatic carbocycles. The number of hydrogen-bond acceptors (Lipinski definition) is 4. The molecule has 1 amide bonds. The highest BCUT2D eigenvalue weighted by atomic mass is 32.2. The highest BCUT2D eigenvalue weighted by Crippen LogP contribution is 2.49. The second-order valence-corrected chi connectivity index (χ2v) is 7.26. The summed E-state index contributed by atoms with van der Waals surface area (Å²) in [5.41, 5.74) is 4.94. The molecule has 5 nitrogen and oxygen atoms in total. The number of primary amides is 1. The first-order valence-corrected chi connectivity index (χ1v) is 7.52. The van der Waals surface area contributed by atoms with Crippen LogP contribution < -0.4 is 11.1 Å². The highest BCUT2D eigenvalue weighted by molar-refractivity contribution is 7.91. The molecular formula is C10H18N2O3S. The first-order valence-electron chi connectivity index (χ1n) is 5.57. The van der Waals surface area contributed by atoms with E-state index >= 15 is 0 Å². The second-order valence-electron chi connectivity index (χ2n) is 5.03. The van der Waals surface area contributed by atoms with Crippen LogP contribution in [-0.4, -0.2) is 38.9 Å². The largest absolute Gasteiger partial charge is 0.369 e. The first-order chi connectivity index (χ1) is 7.38. The number of carbonyl (C=O) groups is 1. The summed E-state index contributed by atoms with van der Waals surface area (Å²) in [5.74, 6) is -0.713. The molecule has 0 aromatic rings. The molecule has 1 saturated carbocycles. The second kappa shape index (κ2) is 3.70. The highest BCUT2D eigenvalue weighted by Gasteiger charge is 2.56. The molecule has 1 aliphatic carbocycles. The summed E-state index contributed by atoms with van der Waals surface area (Å²) in [6, 6.07) is 0. The Bertz CT molecular complexity index is 402. The van der Waals surface area contributed by atoms with E-state index in [1.165, 1.54) is 6.26 Å². The number of carbonyl (C=O) groups excluding carboxylic acids is 1. The van der Waals surface area contributed by atoms with Crippen LogP contribution in [0.1, 0.15) is 19.3 Å². The standard InChI is InChI=1S/C10H18N2O3S/c1-16(14,15)8-3-2-4-10(8)6-12-5-7(10)9(11)13/h7-8,12H,2-6H2,1H3,(H2,11,13). The molecule has 1 saturated heterocycles. The van der Waals surface area contributed by atoms with Crippen LogP contribution in [0.5, 0.6) is 0 Å². The monoisotopic (exact) mass is 246 g/mol. The Morgan fingerprint density at radius 2 is 2.19 bits per heavy atom. The quantitative estimate of drug-likeness (QED) is 0.672. The summed E-state index contributed by atoms with van der Waals surface area (Å²) in [6.45, 7) is 1.11. The summed E-state index contributed by atoms with van der Waals surface area (Å²) in [4.78, 5) is 11.4. The van der Waals surface area contributed by atoms with Crippen molar-refractivity contribution in [3.05, 3.63) is 0 Å². The molecule has 1 aliphatic heterocycles. The Labute approximate surface area is 95.7 Å². The van der Waals surface area contributed by atoms with Gasteiger partial charge in [-0.3, -0.25) is 4.79 Å². The van der Waals surface area contributed by atoms with Crippen molar-refractivity contribution in [2.45, 2.75) is 24.5 Å². The minimum absolute atomic E-state index is 0.338. The van der Waals surface area contributed by atoms with Gasteiger partial charge in [-0.05, 0) is 12.8 Å². The van der Waals surface area contributed by atoms with Crippen LogP contribution in [0.15, 0.2) is 0 Å². The van der Waals surface area contributed by atoms with E-state index in [-0.39, 0.29) is 11.8 Å². The summed E-state index contributed by atoms with van der Waals surface area (Å²) < 4.78 is 23.6. The minimum Gasteiger partial charge on any atom is -0.369 e. The van der Waals surface area contributed by atoms with Gasteiger partial charge in [-0.25, -0.2) is 8.42 Å². The van der Waals surface area contributed by atoms with Crippen LogP contribution in [0.2, 0.25) is 0 Å². The zero-order valence-corrected chi connectivity index (χ0v) is 10.2.